The van der Waals surface area contributed by atoms with Crippen molar-refractivity contribution in [2.45, 2.75) is 32.5 Å². The van der Waals surface area contributed by atoms with Crippen LogP contribution in [0.1, 0.15) is 20.3 Å². The predicted molar refractivity (Wildman–Crippen MR) is 60.5 cm³/mol. The van der Waals surface area contributed by atoms with Crippen molar-refractivity contribution in [3.05, 3.63) is 0 Å². The largest absolute Gasteiger partial charge is 0.716 e. The lowest BCUT2D eigenvalue weighted by atomic mass is 10.2. The van der Waals surface area contributed by atoms with Gasteiger partial charge in [0.15, 0.2) is 6.10 Å². The van der Waals surface area contributed by atoms with Crippen molar-refractivity contribution < 1.29 is 37.8 Å². The summed E-state index contributed by atoms with van der Waals surface area (Å²) in [4.78, 5) is 33.4. The fourth-order valence-corrected chi connectivity index (χ4v) is 1.14. The van der Waals surface area contributed by atoms with Crippen molar-refractivity contribution in [2.75, 3.05) is 13.7 Å². The van der Waals surface area contributed by atoms with Crippen LogP contribution in [0, 0.1) is 0 Å². The molecule has 106 valence electrons. The van der Waals surface area contributed by atoms with Crippen LogP contribution in [0.15, 0.2) is 0 Å². The molecule has 2 unspecified atom stereocenters. The molecule has 1 rings (SSSR count). The minimum atomic E-state index is -1.42. The third kappa shape index (κ3) is 4.53. The summed E-state index contributed by atoms with van der Waals surface area (Å²) in [6.07, 6.45) is -0.558. The number of hydrogen-bond acceptors (Lipinski definition) is 8. The lowest BCUT2D eigenvalue weighted by Crippen LogP contribution is -2.33. The summed E-state index contributed by atoms with van der Waals surface area (Å²) in [7, 11) is -0.382. The van der Waals surface area contributed by atoms with Gasteiger partial charge in [-0.25, -0.2) is 14.4 Å². The van der Waals surface area contributed by atoms with Gasteiger partial charge >= 0.3 is 25.2 Å². The van der Waals surface area contributed by atoms with Gasteiger partial charge in [-0.1, -0.05) is 6.92 Å². The highest BCUT2D eigenvalue weighted by molar-refractivity contribution is 6.46. The van der Waals surface area contributed by atoms with E-state index in [-0.39, 0.29) is 12.7 Å². The first-order valence-corrected chi connectivity index (χ1v) is 5.74. The molecular weight excluding hydrogens is 259 g/mol. The van der Waals surface area contributed by atoms with Crippen LogP contribution in [0.5, 0.6) is 0 Å². The van der Waals surface area contributed by atoms with E-state index in [9.17, 15) is 14.4 Å². The van der Waals surface area contributed by atoms with Crippen LogP contribution in [-0.2, 0) is 37.8 Å². The number of methoxy groups -OCH3 is 1. The van der Waals surface area contributed by atoms with Crippen LogP contribution in [0.25, 0.3) is 0 Å². The van der Waals surface area contributed by atoms with E-state index in [2.05, 4.69) is 9.39 Å². The first kappa shape index (κ1) is 15.5. The molecule has 0 bridgehead atoms. The van der Waals surface area contributed by atoms with Crippen molar-refractivity contribution in [3.63, 3.8) is 0 Å². The summed E-state index contributed by atoms with van der Waals surface area (Å²) in [5.41, 5.74) is 0. The van der Waals surface area contributed by atoms with E-state index in [0.29, 0.717) is 6.42 Å². The van der Waals surface area contributed by atoms with Gasteiger partial charge in [0.2, 0.25) is 0 Å². The second kappa shape index (κ2) is 7.10. The standard InChI is InChI=1S/C10H15BO8/c1-4-6(2)17-8(12)7-5-16-11(18-7)19-10(14)9(13)15-3/h6-7H,4-5H2,1-3H3. The molecule has 9 heteroatoms. The van der Waals surface area contributed by atoms with Gasteiger partial charge in [-0.2, -0.15) is 0 Å². The van der Waals surface area contributed by atoms with E-state index in [1.165, 1.54) is 0 Å². The quantitative estimate of drug-likeness (QED) is 0.382. The van der Waals surface area contributed by atoms with Crippen molar-refractivity contribution in [3.8, 4) is 0 Å². The molecule has 1 aliphatic rings. The van der Waals surface area contributed by atoms with E-state index in [1.54, 1.807) is 6.92 Å². The Morgan fingerprint density at radius 2 is 2.05 bits per heavy atom. The van der Waals surface area contributed by atoms with Gasteiger partial charge in [0, 0.05) is 0 Å². The van der Waals surface area contributed by atoms with Gasteiger partial charge in [-0.15, -0.1) is 0 Å². The van der Waals surface area contributed by atoms with Crippen molar-refractivity contribution in [1.82, 2.24) is 0 Å². The van der Waals surface area contributed by atoms with E-state index in [1.807, 2.05) is 6.92 Å². The molecule has 0 spiro atoms. The molecule has 0 radical (unpaired) electrons. The Labute approximate surface area is 110 Å². The number of carbonyl (C=O) groups is 3. The lowest BCUT2D eigenvalue weighted by molar-refractivity contribution is -0.162. The Kier molecular flexibility index (Phi) is 5.77. The predicted octanol–water partition coefficient (Wildman–Crippen LogP) is -0.555. The van der Waals surface area contributed by atoms with Gasteiger partial charge < -0.3 is 23.4 Å². The highest BCUT2D eigenvalue weighted by Crippen LogP contribution is 2.12. The molecule has 0 amide bonds. The maximum Gasteiger partial charge on any atom is 0.716 e. The Morgan fingerprint density at radius 1 is 1.37 bits per heavy atom. The molecule has 19 heavy (non-hydrogen) atoms. The molecule has 1 aliphatic heterocycles. The molecule has 2 atom stereocenters. The summed E-state index contributed by atoms with van der Waals surface area (Å²) in [5.74, 6) is -3.05. The normalized spacial score (nSPS) is 19.7. The minimum absolute atomic E-state index is 0.117. The Balaban J connectivity index is 2.39. The molecule has 0 aromatic rings. The third-order valence-corrected chi connectivity index (χ3v) is 2.37. The molecule has 0 aromatic heterocycles. The van der Waals surface area contributed by atoms with Crippen molar-refractivity contribution in [2.24, 2.45) is 0 Å². The van der Waals surface area contributed by atoms with Crippen LogP contribution in [0.3, 0.4) is 0 Å². The number of esters is 2. The number of ether oxygens (including phenoxy) is 2. The van der Waals surface area contributed by atoms with Crippen LogP contribution >= 0.6 is 0 Å². The minimum Gasteiger partial charge on any atom is -0.476 e. The third-order valence-electron chi connectivity index (χ3n) is 2.37. The highest BCUT2D eigenvalue weighted by Gasteiger charge is 2.43. The second-order valence-electron chi connectivity index (χ2n) is 3.80. The van der Waals surface area contributed by atoms with Gasteiger partial charge in [0.25, 0.3) is 0 Å². The zero-order chi connectivity index (χ0) is 14.4. The Bertz CT molecular complexity index is 357. The molecule has 0 aliphatic carbocycles. The first-order chi connectivity index (χ1) is 8.97. The van der Waals surface area contributed by atoms with Gasteiger partial charge in [0.05, 0.1) is 19.8 Å². The van der Waals surface area contributed by atoms with Crippen LogP contribution in [-0.4, -0.2) is 51.2 Å². The smallest absolute Gasteiger partial charge is 0.476 e. The summed E-state index contributed by atoms with van der Waals surface area (Å²) in [6.45, 7) is 3.49. The summed E-state index contributed by atoms with van der Waals surface area (Å²) in [5, 5.41) is 0. The molecular formula is C10H15BO8. The summed E-state index contributed by atoms with van der Waals surface area (Å²) in [6, 6.07) is 0. The average Bonchev–Trinajstić information content (AvgIpc) is 2.85. The van der Waals surface area contributed by atoms with Crippen molar-refractivity contribution in [1.29, 1.82) is 0 Å². The fourth-order valence-electron chi connectivity index (χ4n) is 1.14. The molecule has 0 N–H and O–H groups in total. The van der Waals surface area contributed by atoms with E-state index in [4.69, 9.17) is 14.0 Å². The zero-order valence-corrected chi connectivity index (χ0v) is 10.9. The van der Waals surface area contributed by atoms with E-state index in [0.717, 1.165) is 7.11 Å². The summed E-state index contributed by atoms with van der Waals surface area (Å²) < 4.78 is 23.6. The SMILES string of the molecule is CCC(C)OC(=O)C1COB(OC(=O)C(=O)OC)O1. The zero-order valence-electron chi connectivity index (χ0n) is 10.9. The van der Waals surface area contributed by atoms with E-state index >= 15 is 0 Å². The van der Waals surface area contributed by atoms with Crippen LogP contribution in [0.2, 0.25) is 0 Å². The number of carbonyl (C=O) groups excluding carboxylic acids is 3. The highest BCUT2D eigenvalue weighted by atomic mass is 16.8. The topological polar surface area (TPSA) is 97.4 Å². The molecule has 0 saturated carbocycles. The number of rotatable bonds is 4. The molecule has 0 aromatic carbocycles. The van der Waals surface area contributed by atoms with Gasteiger partial charge in [0.1, 0.15) is 0 Å². The van der Waals surface area contributed by atoms with E-state index < -0.39 is 31.3 Å². The van der Waals surface area contributed by atoms with Crippen LogP contribution < -0.4 is 0 Å². The number of hydrogen-bond donors (Lipinski definition) is 0. The van der Waals surface area contributed by atoms with Crippen molar-refractivity contribution >= 4 is 25.2 Å². The first-order valence-electron chi connectivity index (χ1n) is 5.74. The summed E-state index contributed by atoms with van der Waals surface area (Å²) >= 11 is 0. The average molecular weight is 274 g/mol. The molecule has 1 saturated heterocycles. The van der Waals surface area contributed by atoms with Gasteiger partial charge in [-0.3, -0.25) is 0 Å². The monoisotopic (exact) mass is 274 g/mol. The molecule has 1 fully saturated rings. The maximum atomic E-state index is 11.6. The fraction of sp³-hybridized carbons (Fsp3) is 0.700. The molecule has 1 heterocycles. The maximum absolute atomic E-state index is 11.6. The Hall–Kier alpha value is -1.61. The molecule has 8 nitrogen and oxygen atoms in total. The second-order valence-corrected chi connectivity index (χ2v) is 3.80. The van der Waals surface area contributed by atoms with Gasteiger partial charge in [-0.05, 0) is 13.3 Å². The Morgan fingerprint density at radius 3 is 2.63 bits per heavy atom. The lowest BCUT2D eigenvalue weighted by Gasteiger charge is -2.13. The van der Waals surface area contributed by atoms with Crippen LogP contribution in [0.4, 0.5) is 0 Å².